The molecule has 1 aliphatic rings. The van der Waals surface area contributed by atoms with Crippen LogP contribution in [0.25, 0.3) is 5.65 Å². The summed E-state index contributed by atoms with van der Waals surface area (Å²) in [5.41, 5.74) is 2.55. The lowest BCUT2D eigenvalue weighted by atomic mass is 9.95. The van der Waals surface area contributed by atoms with Gasteiger partial charge in [0.05, 0.1) is 11.3 Å². The van der Waals surface area contributed by atoms with Crippen molar-refractivity contribution in [3.8, 4) is 0 Å². The Hall–Kier alpha value is -1.68. The van der Waals surface area contributed by atoms with Crippen molar-refractivity contribution in [2.45, 2.75) is 18.8 Å². The summed E-state index contributed by atoms with van der Waals surface area (Å²) in [6.45, 7) is 2.11. The van der Waals surface area contributed by atoms with Crippen molar-refractivity contribution in [1.82, 2.24) is 14.7 Å². The van der Waals surface area contributed by atoms with Gasteiger partial charge >= 0.3 is 0 Å². The largest absolute Gasteiger partial charge is 0.317 e. The molecule has 0 bridgehead atoms. The van der Waals surface area contributed by atoms with E-state index >= 15 is 0 Å². The van der Waals surface area contributed by atoms with Gasteiger partial charge in [-0.3, -0.25) is 4.79 Å². The number of rotatable bonds is 2. The Balaban J connectivity index is 2.03. The number of nitrogens with one attached hydrogen (secondary N) is 1. The third-order valence-corrected chi connectivity index (χ3v) is 3.42. The molecule has 88 valence electrons. The van der Waals surface area contributed by atoms with E-state index in [0.29, 0.717) is 11.5 Å². The van der Waals surface area contributed by atoms with Crippen LogP contribution in [0, 0.1) is 0 Å². The summed E-state index contributed by atoms with van der Waals surface area (Å²) in [6.07, 6.45) is 7.12. The van der Waals surface area contributed by atoms with Crippen LogP contribution in [0.4, 0.5) is 0 Å². The molecule has 2 aromatic heterocycles. The fourth-order valence-corrected chi connectivity index (χ4v) is 2.46. The number of pyridine rings is 1. The Kier molecular flexibility index (Phi) is 2.65. The van der Waals surface area contributed by atoms with E-state index in [2.05, 4.69) is 16.5 Å². The van der Waals surface area contributed by atoms with Crippen LogP contribution in [0.15, 0.2) is 24.5 Å². The van der Waals surface area contributed by atoms with Crippen molar-refractivity contribution in [2.75, 3.05) is 13.1 Å². The van der Waals surface area contributed by atoms with Gasteiger partial charge in [-0.15, -0.1) is 0 Å². The molecule has 3 heterocycles. The third kappa shape index (κ3) is 1.85. The van der Waals surface area contributed by atoms with Gasteiger partial charge in [0.1, 0.15) is 5.65 Å². The van der Waals surface area contributed by atoms with E-state index in [9.17, 15) is 4.79 Å². The number of piperidine rings is 1. The van der Waals surface area contributed by atoms with Crippen LogP contribution in [0.2, 0.25) is 0 Å². The fraction of sp³-hybridized carbons (Fsp3) is 0.385. The standard InChI is InChI=1S/C13H15N3O/c17-9-11-2-1-7-16-8-12(15-13(11)16)10-3-5-14-6-4-10/h1-2,7-10,14H,3-6H2. The number of hydrogen-bond acceptors (Lipinski definition) is 3. The third-order valence-electron chi connectivity index (χ3n) is 3.42. The van der Waals surface area contributed by atoms with Crippen molar-refractivity contribution in [1.29, 1.82) is 0 Å². The molecule has 0 amide bonds. The molecule has 1 fully saturated rings. The summed E-state index contributed by atoms with van der Waals surface area (Å²) in [6, 6.07) is 3.69. The average molecular weight is 229 g/mol. The highest BCUT2D eigenvalue weighted by Gasteiger charge is 2.18. The predicted octanol–water partition coefficient (Wildman–Crippen LogP) is 1.61. The molecule has 0 spiro atoms. The van der Waals surface area contributed by atoms with Crippen molar-refractivity contribution in [3.63, 3.8) is 0 Å². The molecule has 3 rings (SSSR count). The maximum absolute atomic E-state index is 10.9. The first-order valence-electron chi connectivity index (χ1n) is 6.02. The van der Waals surface area contributed by atoms with Gasteiger partial charge in [0.25, 0.3) is 0 Å². The lowest BCUT2D eigenvalue weighted by molar-refractivity contribution is 0.112. The van der Waals surface area contributed by atoms with Gasteiger partial charge in [-0.1, -0.05) is 0 Å². The molecule has 0 atom stereocenters. The smallest absolute Gasteiger partial charge is 0.153 e. The zero-order valence-electron chi connectivity index (χ0n) is 9.60. The molecule has 0 aliphatic carbocycles. The Morgan fingerprint density at radius 1 is 1.41 bits per heavy atom. The molecular formula is C13H15N3O. The van der Waals surface area contributed by atoms with Gasteiger partial charge in [0.2, 0.25) is 0 Å². The zero-order chi connectivity index (χ0) is 11.7. The number of fused-ring (bicyclic) bond motifs is 1. The van der Waals surface area contributed by atoms with Crippen LogP contribution in [0.1, 0.15) is 34.8 Å². The van der Waals surface area contributed by atoms with E-state index in [0.717, 1.165) is 43.6 Å². The van der Waals surface area contributed by atoms with Crippen LogP contribution in [-0.4, -0.2) is 28.8 Å². The summed E-state index contributed by atoms with van der Waals surface area (Å²) >= 11 is 0. The van der Waals surface area contributed by atoms with Crippen LogP contribution in [0.3, 0.4) is 0 Å². The highest BCUT2D eigenvalue weighted by Crippen LogP contribution is 2.25. The number of carbonyl (C=O) groups excluding carboxylic acids is 1. The molecule has 0 unspecified atom stereocenters. The van der Waals surface area contributed by atoms with Crippen molar-refractivity contribution in [3.05, 3.63) is 35.8 Å². The van der Waals surface area contributed by atoms with Gasteiger partial charge in [0, 0.05) is 18.3 Å². The highest BCUT2D eigenvalue weighted by molar-refractivity contribution is 5.84. The lowest BCUT2D eigenvalue weighted by Crippen LogP contribution is -2.26. The Morgan fingerprint density at radius 3 is 3.00 bits per heavy atom. The first-order chi connectivity index (χ1) is 8.38. The first kappa shape index (κ1) is 10.5. The molecule has 4 heteroatoms. The quantitative estimate of drug-likeness (QED) is 0.796. The number of aldehydes is 1. The van der Waals surface area contributed by atoms with Gasteiger partial charge in [-0.25, -0.2) is 4.98 Å². The first-order valence-corrected chi connectivity index (χ1v) is 6.02. The van der Waals surface area contributed by atoms with E-state index in [-0.39, 0.29) is 0 Å². The summed E-state index contributed by atoms with van der Waals surface area (Å²) in [5, 5.41) is 3.35. The van der Waals surface area contributed by atoms with E-state index < -0.39 is 0 Å². The molecule has 0 saturated carbocycles. The van der Waals surface area contributed by atoms with Gasteiger partial charge in [-0.05, 0) is 38.1 Å². The monoisotopic (exact) mass is 229 g/mol. The van der Waals surface area contributed by atoms with Gasteiger partial charge in [-0.2, -0.15) is 0 Å². The molecule has 4 nitrogen and oxygen atoms in total. The number of nitrogens with zero attached hydrogens (tertiary/aromatic N) is 2. The van der Waals surface area contributed by atoms with Gasteiger partial charge < -0.3 is 9.72 Å². The number of carbonyl (C=O) groups is 1. The number of hydrogen-bond donors (Lipinski definition) is 1. The zero-order valence-corrected chi connectivity index (χ0v) is 9.60. The molecule has 0 radical (unpaired) electrons. The SMILES string of the molecule is O=Cc1cccn2cc(C3CCNCC3)nc12. The molecule has 1 aliphatic heterocycles. The molecular weight excluding hydrogens is 214 g/mol. The number of aromatic nitrogens is 2. The molecule has 1 N–H and O–H groups in total. The Bertz CT molecular complexity index is 541. The summed E-state index contributed by atoms with van der Waals surface area (Å²) in [5.74, 6) is 0.524. The molecule has 1 saturated heterocycles. The minimum atomic E-state index is 0.524. The highest BCUT2D eigenvalue weighted by atomic mass is 16.1. The van der Waals surface area contributed by atoms with Crippen molar-refractivity contribution in [2.24, 2.45) is 0 Å². The summed E-state index contributed by atoms with van der Waals surface area (Å²) in [4.78, 5) is 15.6. The van der Waals surface area contributed by atoms with Crippen LogP contribution < -0.4 is 5.32 Å². The fourth-order valence-electron chi connectivity index (χ4n) is 2.46. The molecule has 17 heavy (non-hydrogen) atoms. The maximum Gasteiger partial charge on any atom is 0.153 e. The molecule has 2 aromatic rings. The minimum Gasteiger partial charge on any atom is -0.317 e. The van der Waals surface area contributed by atoms with Crippen molar-refractivity contribution >= 4 is 11.9 Å². The van der Waals surface area contributed by atoms with Gasteiger partial charge in [0.15, 0.2) is 6.29 Å². The van der Waals surface area contributed by atoms with Crippen LogP contribution in [-0.2, 0) is 0 Å². The predicted molar refractivity (Wildman–Crippen MR) is 65.4 cm³/mol. The van der Waals surface area contributed by atoms with E-state index in [4.69, 9.17) is 0 Å². The Morgan fingerprint density at radius 2 is 2.24 bits per heavy atom. The second-order valence-corrected chi connectivity index (χ2v) is 4.50. The minimum absolute atomic E-state index is 0.524. The van der Waals surface area contributed by atoms with Crippen LogP contribution in [0.5, 0.6) is 0 Å². The van der Waals surface area contributed by atoms with E-state index in [1.54, 1.807) is 0 Å². The lowest BCUT2D eigenvalue weighted by Gasteiger charge is -2.20. The Labute approximate surface area is 99.7 Å². The normalized spacial score (nSPS) is 17.4. The number of imidazole rings is 1. The van der Waals surface area contributed by atoms with Crippen molar-refractivity contribution < 1.29 is 4.79 Å². The second-order valence-electron chi connectivity index (χ2n) is 4.50. The average Bonchev–Trinajstić information content (AvgIpc) is 2.83. The summed E-state index contributed by atoms with van der Waals surface area (Å²) < 4.78 is 1.95. The van der Waals surface area contributed by atoms with E-state index in [1.807, 2.05) is 22.7 Å². The van der Waals surface area contributed by atoms with E-state index in [1.165, 1.54) is 0 Å². The topological polar surface area (TPSA) is 46.4 Å². The molecule has 0 aromatic carbocycles. The van der Waals surface area contributed by atoms with Crippen LogP contribution >= 0.6 is 0 Å². The summed E-state index contributed by atoms with van der Waals surface area (Å²) in [7, 11) is 0. The maximum atomic E-state index is 10.9. The second kappa shape index (κ2) is 4.30.